The Bertz CT molecular complexity index is 767. The summed E-state index contributed by atoms with van der Waals surface area (Å²) >= 11 is 0. The smallest absolute Gasteiger partial charge is 0.325 e. The average Bonchev–Trinajstić information content (AvgIpc) is 2.89. The van der Waals surface area contributed by atoms with Crippen molar-refractivity contribution in [3.63, 3.8) is 0 Å². The number of hydrogen-bond acceptors (Lipinski definition) is 5. The van der Waals surface area contributed by atoms with E-state index in [2.05, 4.69) is 14.8 Å². The van der Waals surface area contributed by atoms with Gasteiger partial charge in [0.15, 0.2) is 0 Å². The van der Waals surface area contributed by atoms with Gasteiger partial charge in [-0.15, -0.1) is 0 Å². The maximum Gasteiger partial charge on any atom is 0.325 e. The van der Waals surface area contributed by atoms with Gasteiger partial charge in [0.2, 0.25) is 0 Å². The average molecular weight is 383 g/mol. The molecule has 2 aromatic rings. The second kappa shape index (κ2) is 9.66. The van der Waals surface area contributed by atoms with Gasteiger partial charge in [-0.25, -0.2) is 0 Å². The van der Waals surface area contributed by atoms with Crippen molar-refractivity contribution in [2.24, 2.45) is 0 Å². The topological polar surface area (TPSA) is 65.9 Å². The monoisotopic (exact) mass is 383 g/mol. The molecule has 0 aliphatic carbocycles. The van der Waals surface area contributed by atoms with E-state index < -0.39 is 12.0 Å². The Kier molecular flexibility index (Phi) is 7.01. The van der Waals surface area contributed by atoms with E-state index in [1.54, 1.807) is 0 Å². The number of ether oxygens (including phenoxy) is 1. The van der Waals surface area contributed by atoms with Gasteiger partial charge in [0.05, 0.1) is 11.8 Å². The molecule has 150 valence electrons. The fourth-order valence-corrected chi connectivity index (χ4v) is 3.68. The van der Waals surface area contributed by atoms with Crippen LogP contribution < -0.4 is 4.74 Å². The molecule has 0 bridgehead atoms. The molecule has 1 aromatic heterocycles. The quantitative estimate of drug-likeness (QED) is 0.792. The summed E-state index contributed by atoms with van der Waals surface area (Å²) in [5.74, 6) is -0.183. The van der Waals surface area contributed by atoms with E-state index >= 15 is 0 Å². The Morgan fingerprint density at radius 2 is 1.89 bits per heavy atom. The van der Waals surface area contributed by atoms with Crippen LogP contribution in [-0.2, 0) is 11.3 Å². The largest absolute Gasteiger partial charge is 0.491 e. The summed E-state index contributed by atoms with van der Waals surface area (Å²) in [4.78, 5) is 21.0. The molecule has 1 aliphatic heterocycles. The Morgan fingerprint density at radius 1 is 1.11 bits per heavy atom. The van der Waals surface area contributed by atoms with Crippen molar-refractivity contribution in [1.29, 1.82) is 0 Å². The van der Waals surface area contributed by atoms with Gasteiger partial charge in [0.1, 0.15) is 11.8 Å². The molecule has 1 fully saturated rings. The molecule has 1 saturated heterocycles. The fraction of sp³-hybridized carbons (Fsp3) is 0.455. The number of carboxylic acids is 1. The van der Waals surface area contributed by atoms with Crippen LogP contribution in [0.25, 0.3) is 0 Å². The Labute approximate surface area is 166 Å². The molecule has 1 N–H and O–H groups in total. The van der Waals surface area contributed by atoms with E-state index in [0.29, 0.717) is 12.3 Å². The Morgan fingerprint density at radius 3 is 2.61 bits per heavy atom. The van der Waals surface area contributed by atoms with Crippen molar-refractivity contribution < 1.29 is 14.6 Å². The van der Waals surface area contributed by atoms with Crippen LogP contribution in [0.3, 0.4) is 0 Å². The minimum Gasteiger partial charge on any atom is -0.491 e. The van der Waals surface area contributed by atoms with E-state index in [9.17, 15) is 9.90 Å². The predicted molar refractivity (Wildman–Crippen MR) is 108 cm³/mol. The highest BCUT2D eigenvalue weighted by Gasteiger charge is 2.31. The van der Waals surface area contributed by atoms with Gasteiger partial charge in [-0.3, -0.25) is 19.6 Å². The summed E-state index contributed by atoms with van der Waals surface area (Å²) in [6.45, 7) is 7.88. The summed E-state index contributed by atoms with van der Waals surface area (Å²) in [7, 11) is 0. The number of aliphatic carboxylic acids is 1. The molecule has 0 amide bonds. The first-order valence-electron chi connectivity index (χ1n) is 9.89. The maximum atomic E-state index is 12.2. The van der Waals surface area contributed by atoms with Crippen molar-refractivity contribution >= 4 is 5.97 Å². The van der Waals surface area contributed by atoms with Crippen molar-refractivity contribution in [3.8, 4) is 5.75 Å². The standard InChI is InChI=1S/C22H29N3O3/c1-17(2)28-20-10-4-3-9-19(20)21(22(26)27)25-13-7-12-24(14-15-25)16-18-8-5-6-11-23-18/h3-6,8-11,17,21H,7,12-16H2,1-2H3,(H,26,27). The molecule has 1 atom stereocenters. The highest BCUT2D eigenvalue weighted by atomic mass is 16.5. The van der Waals surface area contributed by atoms with Crippen LogP contribution in [-0.4, -0.2) is 58.1 Å². The zero-order valence-electron chi connectivity index (χ0n) is 16.6. The highest BCUT2D eigenvalue weighted by molar-refractivity contribution is 5.76. The first-order chi connectivity index (χ1) is 13.5. The number of nitrogens with zero attached hydrogens (tertiary/aromatic N) is 3. The number of carbonyl (C=O) groups is 1. The third kappa shape index (κ3) is 5.30. The number of aromatic nitrogens is 1. The fourth-order valence-electron chi connectivity index (χ4n) is 3.68. The van der Waals surface area contributed by atoms with Crippen LogP contribution in [0, 0.1) is 0 Å². The van der Waals surface area contributed by atoms with E-state index in [-0.39, 0.29) is 6.10 Å². The van der Waals surface area contributed by atoms with Crippen LogP contribution in [0.4, 0.5) is 0 Å². The zero-order chi connectivity index (χ0) is 19.9. The highest BCUT2D eigenvalue weighted by Crippen LogP contribution is 2.31. The molecule has 3 rings (SSSR count). The van der Waals surface area contributed by atoms with Gasteiger partial charge < -0.3 is 9.84 Å². The third-order valence-corrected chi connectivity index (χ3v) is 4.91. The van der Waals surface area contributed by atoms with Gasteiger partial charge in [-0.1, -0.05) is 24.3 Å². The number of benzene rings is 1. The number of rotatable bonds is 7. The summed E-state index contributed by atoms with van der Waals surface area (Å²) < 4.78 is 5.89. The van der Waals surface area contributed by atoms with E-state index in [1.807, 2.05) is 62.5 Å². The summed E-state index contributed by atoms with van der Waals surface area (Å²) in [5, 5.41) is 10.0. The lowest BCUT2D eigenvalue weighted by atomic mass is 10.0. The Balaban J connectivity index is 1.74. The van der Waals surface area contributed by atoms with Crippen molar-refractivity contribution in [3.05, 3.63) is 59.9 Å². The molecule has 1 aliphatic rings. The lowest BCUT2D eigenvalue weighted by molar-refractivity contribution is -0.143. The molecule has 0 spiro atoms. The number of hydrogen-bond donors (Lipinski definition) is 1. The molecule has 1 unspecified atom stereocenters. The number of pyridine rings is 1. The molecule has 1 aromatic carbocycles. The third-order valence-electron chi connectivity index (χ3n) is 4.91. The molecule has 0 radical (unpaired) electrons. The first-order valence-corrected chi connectivity index (χ1v) is 9.89. The summed E-state index contributed by atoms with van der Waals surface area (Å²) in [6, 6.07) is 12.7. The first kappa shape index (κ1) is 20.3. The molecule has 0 saturated carbocycles. The van der Waals surface area contributed by atoms with Crippen molar-refractivity contribution in [2.45, 2.75) is 39.0 Å². The molecular formula is C22H29N3O3. The second-order valence-corrected chi connectivity index (χ2v) is 7.43. The van der Waals surface area contributed by atoms with E-state index in [4.69, 9.17) is 4.74 Å². The van der Waals surface area contributed by atoms with Crippen LogP contribution in [0.15, 0.2) is 48.7 Å². The van der Waals surface area contributed by atoms with E-state index in [1.165, 1.54) is 0 Å². The van der Waals surface area contributed by atoms with Crippen LogP contribution >= 0.6 is 0 Å². The lowest BCUT2D eigenvalue weighted by Crippen LogP contribution is -2.37. The van der Waals surface area contributed by atoms with Crippen molar-refractivity contribution in [1.82, 2.24) is 14.8 Å². The molecule has 6 nitrogen and oxygen atoms in total. The van der Waals surface area contributed by atoms with E-state index in [0.717, 1.165) is 43.9 Å². The van der Waals surface area contributed by atoms with Gasteiger partial charge in [-0.05, 0) is 45.0 Å². The SMILES string of the molecule is CC(C)Oc1ccccc1C(C(=O)O)N1CCCN(Cc2ccccn2)CC1. The van der Waals surface area contributed by atoms with Gasteiger partial charge in [-0.2, -0.15) is 0 Å². The molecule has 2 heterocycles. The molecule has 28 heavy (non-hydrogen) atoms. The number of carboxylic acid groups (broad SMARTS) is 1. The zero-order valence-corrected chi connectivity index (χ0v) is 16.6. The van der Waals surface area contributed by atoms with Crippen molar-refractivity contribution in [2.75, 3.05) is 26.2 Å². The van der Waals surface area contributed by atoms with Gasteiger partial charge >= 0.3 is 5.97 Å². The summed E-state index contributed by atoms with van der Waals surface area (Å²) in [6.07, 6.45) is 2.73. The minimum atomic E-state index is -0.835. The second-order valence-electron chi connectivity index (χ2n) is 7.43. The van der Waals surface area contributed by atoms with Crippen LogP contribution in [0.2, 0.25) is 0 Å². The van der Waals surface area contributed by atoms with Gasteiger partial charge in [0, 0.05) is 37.9 Å². The molecular weight excluding hydrogens is 354 g/mol. The minimum absolute atomic E-state index is 0.00593. The molecule has 6 heteroatoms. The van der Waals surface area contributed by atoms with Crippen LogP contribution in [0.1, 0.15) is 37.6 Å². The number of para-hydroxylation sites is 1. The summed E-state index contributed by atoms with van der Waals surface area (Å²) in [5.41, 5.74) is 1.77. The van der Waals surface area contributed by atoms with Crippen LogP contribution in [0.5, 0.6) is 5.75 Å². The van der Waals surface area contributed by atoms with Gasteiger partial charge in [0.25, 0.3) is 0 Å². The Hall–Kier alpha value is -2.44. The normalized spacial score (nSPS) is 17.2. The maximum absolute atomic E-state index is 12.2. The lowest BCUT2D eigenvalue weighted by Gasteiger charge is -2.29. The predicted octanol–water partition coefficient (Wildman–Crippen LogP) is 3.20.